The number of hydrogen-bond acceptors (Lipinski definition) is 6. The topological polar surface area (TPSA) is 74.7 Å². The summed E-state index contributed by atoms with van der Waals surface area (Å²) < 4.78 is 5.12. The van der Waals surface area contributed by atoms with Crippen LogP contribution in [0.2, 0.25) is 0 Å². The lowest BCUT2D eigenvalue weighted by atomic mass is 10.5. The van der Waals surface area contributed by atoms with Crippen LogP contribution in [0.15, 0.2) is 5.38 Å². The van der Waals surface area contributed by atoms with Crippen LogP contribution in [0.25, 0.3) is 0 Å². The summed E-state index contributed by atoms with van der Waals surface area (Å²) >= 11 is 1.42. The number of ether oxygens (including phenoxy) is 1. The maximum absolute atomic E-state index is 11.7. The molecule has 0 aliphatic heterocycles. The van der Waals surface area contributed by atoms with Crippen molar-refractivity contribution in [2.24, 2.45) is 0 Å². The zero-order valence-corrected chi connectivity index (χ0v) is 11.5. The van der Waals surface area contributed by atoms with Crippen molar-refractivity contribution in [2.75, 3.05) is 45.3 Å². The second-order valence-corrected chi connectivity index (χ2v) is 4.77. The number of nitrogens with zero attached hydrogens (tertiary/aromatic N) is 2. The number of amides is 1. The van der Waals surface area contributed by atoms with Crippen molar-refractivity contribution in [1.29, 1.82) is 0 Å². The Morgan fingerprint density at radius 1 is 1.61 bits per heavy atom. The number of carbonyl (C=O) groups excluding carboxylic acids is 1. The normalized spacial score (nSPS) is 10.9. The van der Waals surface area contributed by atoms with Gasteiger partial charge in [-0.15, -0.1) is 11.3 Å². The van der Waals surface area contributed by atoms with Crippen LogP contribution >= 0.6 is 11.3 Å². The Hall–Kier alpha value is -1.02. The maximum atomic E-state index is 11.7. The Bertz CT molecular complexity index is 370. The van der Waals surface area contributed by atoms with Gasteiger partial charge in [-0.2, -0.15) is 0 Å². The smallest absolute Gasteiger partial charge is 0.240 e. The van der Waals surface area contributed by atoms with Gasteiger partial charge in [0.2, 0.25) is 5.91 Å². The zero-order valence-electron chi connectivity index (χ0n) is 10.7. The molecule has 1 rings (SSSR count). The van der Waals surface area contributed by atoms with Gasteiger partial charge in [-0.1, -0.05) is 0 Å². The Kier molecular flexibility index (Phi) is 6.81. The third-order valence-electron chi connectivity index (χ3n) is 2.13. The predicted octanol–water partition coefficient (Wildman–Crippen LogP) is 0.331. The first-order valence-corrected chi connectivity index (χ1v) is 6.59. The highest BCUT2D eigenvalue weighted by Crippen LogP contribution is 2.13. The van der Waals surface area contributed by atoms with E-state index in [1.165, 1.54) is 11.3 Å². The summed E-state index contributed by atoms with van der Waals surface area (Å²) in [6.45, 7) is 3.68. The first-order chi connectivity index (χ1) is 8.61. The molecule has 0 bridgehead atoms. The number of aromatic nitrogens is 1. The van der Waals surface area contributed by atoms with Crippen molar-refractivity contribution in [3.63, 3.8) is 0 Å². The van der Waals surface area contributed by atoms with Crippen LogP contribution in [0, 0.1) is 6.92 Å². The number of anilines is 1. The molecule has 1 heterocycles. The summed E-state index contributed by atoms with van der Waals surface area (Å²) in [5.41, 5.74) is 0.904. The Labute approximate surface area is 111 Å². The van der Waals surface area contributed by atoms with Crippen LogP contribution in [0.1, 0.15) is 5.69 Å². The number of aliphatic hydroxyl groups is 1. The van der Waals surface area contributed by atoms with E-state index in [4.69, 9.17) is 9.84 Å². The van der Waals surface area contributed by atoms with Crippen LogP contribution in [0.5, 0.6) is 0 Å². The molecule has 1 amide bonds. The third kappa shape index (κ3) is 6.06. The molecule has 0 radical (unpaired) electrons. The molecule has 102 valence electrons. The zero-order chi connectivity index (χ0) is 13.4. The fourth-order valence-electron chi connectivity index (χ4n) is 1.28. The van der Waals surface area contributed by atoms with Gasteiger partial charge >= 0.3 is 0 Å². The third-order valence-corrected chi connectivity index (χ3v) is 3.01. The van der Waals surface area contributed by atoms with Crippen molar-refractivity contribution < 1.29 is 14.6 Å². The minimum absolute atomic E-state index is 0.0214. The fraction of sp³-hybridized carbons (Fsp3) is 0.636. The molecule has 7 heteroatoms. The molecule has 0 aromatic carbocycles. The van der Waals surface area contributed by atoms with Crippen LogP contribution in [-0.4, -0.2) is 60.9 Å². The maximum Gasteiger partial charge on any atom is 0.240 e. The van der Waals surface area contributed by atoms with E-state index in [2.05, 4.69) is 10.3 Å². The van der Waals surface area contributed by atoms with Gasteiger partial charge < -0.3 is 15.2 Å². The van der Waals surface area contributed by atoms with Crippen LogP contribution in [0.4, 0.5) is 5.13 Å². The minimum Gasteiger partial charge on any atom is -0.394 e. The van der Waals surface area contributed by atoms with E-state index in [-0.39, 0.29) is 12.5 Å². The number of likely N-dealkylation sites (N-methyl/N-ethyl adjacent to an activating group) is 1. The monoisotopic (exact) mass is 273 g/mol. The fourth-order valence-corrected chi connectivity index (χ4v) is 1.99. The summed E-state index contributed by atoms with van der Waals surface area (Å²) in [4.78, 5) is 17.7. The van der Waals surface area contributed by atoms with Gasteiger partial charge in [0.25, 0.3) is 0 Å². The van der Waals surface area contributed by atoms with Gasteiger partial charge in [-0.05, 0) is 14.0 Å². The lowest BCUT2D eigenvalue weighted by Crippen LogP contribution is -2.32. The quantitative estimate of drug-likeness (QED) is 0.668. The first-order valence-electron chi connectivity index (χ1n) is 5.71. The van der Waals surface area contributed by atoms with Crippen molar-refractivity contribution in [2.45, 2.75) is 6.92 Å². The van der Waals surface area contributed by atoms with Gasteiger partial charge in [-0.25, -0.2) is 4.98 Å². The van der Waals surface area contributed by atoms with Crippen molar-refractivity contribution in [3.8, 4) is 0 Å². The molecule has 0 fully saturated rings. The Balaban J connectivity index is 2.19. The summed E-state index contributed by atoms with van der Waals surface area (Å²) in [5, 5.41) is 13.8. The summed E-state index contributed by atoms with van der Waals surface area (Å²) in [6.07, 6.45) is 0. The van der Waals surface area contributed by atoms with Gasteiger partial charge in [0.1, 0.15) is 0 Å². The Morgan fingerprint density at radius 2 is 2.39 bits per heavy atom. The molecule has 0 saturated heterocycles. The molecule has 2 N–H and O–H groups in total. The molecule has 0 saturated carbocycles. The highest BCUT2D eigenvalue weighted by Gasteiger charge is 2.08. The molecule has 0 aliphatic carbocycles. The Morgan fingerprint density at radius 3 is 3.00 bits per heavy atom. The largest absolute Gasteiger partial charge is 0.394 e. The van der Waals surface area contributed by atoms with Crippen molar-refractivity contribution in [1.82, 2.24) is 9.88 Å². The molecule has 0 aliphatic rings. The van der Waals surface area contributed by atoms with E-state index in [0.29, 0.717) is 31.4 Å². The van der Waals surface area contributed by atoms with Gasteiger partial charge in [0.05, 0.1) is 32.1 Å². The van der Waals surface area contributed by atoms with E-state index < -0.39 is 0 Å². The number of aliphatic hydroxyl groups excluding tert-OH is 1. The first kappa shape index (κ1) is 15.0. The van der Waals surface area contributed by atoms with Gasteiger partial charge in [0, 0.05) is 11.9 Å². The molecule has 0 spiro atoms. The lowest BCUT2D eigenvalue weighted by molar-refractivity contribution is -0.117. The average Bonchev–Trinajstić information content (AvgIpc) is 2.70. The number of nitrogens with one attached hydrogen (secondary N) is 1. The van der Waals surface area contributed by atoms with E-state index in [9.17, 15) is 4.79 Å². The second-order valence-electron chi connectivity index (χ2n) is 3.92. The summed E-state index contributed by atoms with van der Waals surface area (Å²) in [5.74, 6) is -0.0889. The molecular weight excluding hydrogens is 254 g/mol. The average molecular weight is 273 g/mol. The predicted molar refractivity (Wildman–Crippen MR) is 70.9 cm³/mol. The highest BCUT2D eigenvalue weighted by atomic mass is 32.1. The molecule has 1 aromatic rings. The standard InChI is InChI=1S/C11H19N3O3S/c1-9-8-18-11(12-9)13-10(16)7-14(2)3-5-17-6-4-15/h8,15H,3-7H2,1-2H3,(H,12,13,16). The lowest BCUT2D eigenvalue weighted by Gasteiger charge is -2.15. The van der Waals surface area contributed by atoms with Gasteiger partial charge in [0.15, 0.2) is 5.13 Å². The summed E-state index contributed by atoms with van der Waals surface area (Å²) in [7, 11) is 1.84. The molecule has 6 nitrogen and oxygen atoms in total. The number of hydrogen-bond donors (Lipinski definition) is 2. The second kappa shape index (κ2) is 8.15. The van der Waals surface area contributed by atoms with Crippen molar-refractivity contribution >= 4 is 22.4 Å². The summed E-state index contributed by atoms with van der Waals surface area (Å²) in [6, 6.07) is 0. The molecule has 1 aromatic heterocycles. The van der Waals surface area contributed by atoms with E-state index >= 15 is 0 Å². The SMILES string of the molecule is Cc1csc(NC(=O)CN(C)CCOCCO)n1. The highest BCUT2D eigenvalue weighted by molar-refractivity contribution is 7.13. The molecule has 18 heavy (non-hydrogen) atoms. The van der Waals surface area contributed by atoms with Crippen molar-refractivity contribution in [3.05, 3.63) is 11.1 Å². The number of carbonyl (C=O) groups is 1. The molecule has 0 atom stereocenters. The molecular formula is C11H19N3O3S. The molecule has 0 unspecified atom stereocenters. The van der Waals surface area contributed by atoms with Crippen LogP contribution in [-0.2, 0) is 9.53 Å². The minimum atomic E-state index is -0.0889. The number of rotatable bonds is 8. The number of thiazole rings is 1. The van der Waals surface area contributed by atoms with Gasteiger partial charge in [-0.3, -0.25) is 9.69 Å². The van der Waals surface area contributed by atoms with E-state index in [0.717, 1.165) is 5.69 Å². The van der Waals surface area contributed by atoms with Crippen LogP contribution in [0.3, 0.4) is 0 Å². The van der Waals surface area contributed by atoms with Crippen LogP contribution < -0.4 is 5.32 Å². The van der Waals surface area contributed by atoms with E-state index in [1.54, 1.807) is 0 Å². The van der Waals surface area contributed by atoms with E-state index in [1.807, 2.05) is 24.3 Å². The number of aryl methyl sites for hydroxylation is 1.